The van der Waals surface area contributed by atoms with Gasteiger partial charge in [-0.25, -0.2) is 0 Å². The summed E-state index contributed by atoms with van der Waals surface area (Å²) in [7, 11) is 0. The van der Waals surface area contributed by atoms with E-state index in [9.17, 15) is 9.59 Å². The van der Waals surface area contributed by atoms with Crippen LogP contribution in [0.25, 0.3) is 0 Å². The molecule has 31 heavy (non-hydrogen) atoms. The molecule has 2 aliphatic rings. The van der Waals surface area contributed by atoms with Crippen molar-refractivity contribution in [3.05, 3.63) is 58.6 Å². The Morgan fingerprint density at radius 1 is 1.16 bits per heavy atom. The van der Waals surface area contributed by atoms with Gasteiger partial charge in [0.25, 0.3) is 5.91 Å². The number of hydrogen-bond acceptors (Lipinski definition) is 7. The van der Waals surface area contributed by atoms with Crippen molar-refractivity contribution in [1.82, 2.24) is 10.2 Å². The zero-order chi connectivity index (χ0) is 21.5. The molecule has 0 unspecified atom stereocenters. The summed E-state index contributed by atoms with van der Waals surface area (Å²) >= 11 is 0. The van der Waals surface area contributed by atoms with Crippen molar-refractivity contribution in [3.8, 4) is 5.75 Å². The first-order valence-corrected chi connectivity index (χ1v) is 10.8. The molecule has 1 aromatic carbocycles. The molecule has 8 nitrogen and oxygen atoms in total. The Morgan fingerprint density at radius 2 is 1.97 bits per heavy atom. The maximum Gasteiger partial charge on any atom is 0.258 e. The molecule has 1 amide bonds. The number of carbonyl (C=O) groups is 1. The Labute approximate surface area is 181 Å². The van der Waals surface area contributed by atoms with Gasteiger partial charge in [0.2, 0.25) is 11.2 Å². The van der Waals surface area contributed by atoms with Crippen LogP contribution in [0.4, 0.5) is 5.69 Å². The van der Waals surface area contributed by atoms with Crippen LogP contribution < -0.4 is 20.4 Å². The van der Waals surface area contributed by atoms with E-state index < -0.39 is 0 Å². The van der Waals surface area contributed by atoms with Gasteiger partial charge in [-0.3, -0.25) is 14.5 Å². The monoisotopic (exact) mass is 427 g/mol. The van der Waals surface area contributed by atoms with Crippen LogP contribution in [0.3, 0.4) is 0 Å². The van der Waals surface area contributed by atoms with E-state index in [0.29, 0.717) is 18.8 Å². The lowest BCUT2D eigenvalue weighted by Crippen LogP contribution is -2.46. The summed E-state index contributed by atoms with van der Waals surface area (Å²) in [5.74, 6) is 0.355. The number of ether oxygens (including phenoxy) is 2. The van der Waals surface area contributed by atoms with E-state index in [-0.39, 0.29) is 29.8 Å². The van der Waals surface area contributed by atoms with E-state index in [1.165, 1.54) is 18.0 Å². The van der Waals surface area contributed by atoms with Gasteiger partial charge in [-0.15, -0.1) is 0 Å². The summed E-state index contributed by atoms with van der Waals surface area (Å²) in [6.07, 6.45) is 3.34. The molecule has 2 saturated heterocycles. The van der Waals surface area contributed by atoms with Crippen molar-refractivity contribution in [2.45, 2.75) is 25.5 Å². The smallest absolute Gasteiger partial charge is 0.258 e. The summed E-state index contributed by atoms with van der Waals surface area (Å²) < 4.78 is 16.4. The summed E-state index contributed by atoms with van der Waals surface area (Å²) in [5.41, 5.74) is 0.950. The molecule has 2 aliphatic heterocycles. The van der Waals surface area contributed by atoms with Gasteiger partial charge in [-0.05, 0) is 25.0 Å². The third kappa shape index (κ3) is 6.08. The number of piperazine rings is 1. The van der Waals surface area contributed by atoms with Gasteiger partial charge in [0.05, 0.1) is 12.6 Å². The summed E-state index contributed by atoms with van der Waals surface area (Å²) in [4.78, 5) is 28.9. The molecular formula is C23H29N3O5. The molecule has 1 atom stereocenters. The fraction of sp³-hybridized carbons (Fsp3) is 0.478. The standard InChI is InChI=1S/C23H29N3O5/c27-21-13-20(15-25-8-10-26(11-9-25)18-5-2-1-3-6-18)30-16-22(21)31-17-23(28)24-14-19-7-4-12-29-19/h1-3,5-6,13,16,19H,4,7-12,14-15,17H2,(H,24,28)/t19-/m1/s1. The molecule has 1 N–H and O–H groups in total. The highest BCUT2D eigenvalue weighted by molar-refractivity contribution is 5.77. The Kier molecular flexibility index (Phi) is 7.22. The molecule has 3 heterocycles. The van der Waals surface area contributed by atoms with Crippen LogP contribution in [0.1, 0.15) is 18.6 Å². The minimum atomic E-state index is -0.282. The fourth-order valence-electron chi connectivity index (χ4n) is 3.88. The number of amides is 1. The fourth-order valence-corrected chi connectivity index (χ4v) is 3.88. The van der Waals surface area contributed by atoms with Crippen molar-refractivity contribution >= 4 is 11.6 Å². The molecular weight excluding hydrogens is 398 g/mol. The van der Waals surface area contributed by atoms with Crippen LogP contribution in [0.15, 0.2) is 51.9 Å². The molecule has 0 spiro atoms. The third-order valence-electron chi connectivity index (χ3n) is 5.64. The highest BCUT2D eigenvalue weighted by Gasteiger charge is 2.19. The number of rotatable bonds is 8. The molecule has 2 aromatic rings. The zero-order valence-corrected chi connectivity index (χ0v) is 17.6. The lowest BCUT2D eigenvalue weighted by atomic mass is 10.2. The van der Waals surface area contributed by atoms with Crippen molar-refractivity contribution in [3.63, 3.8) is 0 Å². The highest BCUT2D eigenvalue weighted by Crippen LogP contribution is 2.17. The van der Waals surface area contributed by atoms with Gasteiger partial charge in [-0.2, -0.15) is 0 Å². The Hall–Kier alpha value is -2.84. The quantitative estimate of drug-likeness (QED) is 0.686. The second-order valence-electron chi connectivity index (χ2n) is 7.90. The lowest BCUT2D eigenvalue weighted by Gasteiger charge is -2.35. The lowest BCUT2D eigenvalue weighted by molar-refractivity contribution is -0.123. The number of hydrogen-bond donors (Lipinski definition) is 1. The Morgan fingerprint density at radius 3 is 2.68 bits per heavy atom. The van der Waals surface area contributed by atoms with Crippen molar-refractivity contribution in [2.75, 3.05) is 50.8 Å². The molecule has 2 fully saturated rings. The molecule has 0 aliphatic carbocycles. The molecule has 0 saturated carbocycles. The topological polar surface area (TPSA) is 84.2 Å². The molecule has 0 bridgehead atoms. The average molecular weight is 428 g/mol. The highest BCUT2D eigenvalue weighted by atomic mass is 16.5. The summed E-state index contributed by atoms with van der Waals surface area (Å²) in [5, 5.41) is 2.76. The first kappa shape index (κ1) is 21.4. The second kappa shape index (κ2) is 10.5. The average Bonchev–Trinajstić information content (AvgIpc) is 3.32. The summed E-state index contributed by atoms with van der Waals surface area (Å²) in [6, 6.07) is 11.8. The van der Waals surface area contributed by atoms with E-state index >= 15 is 0 Å². The van der Waals surface area contributed by atoms with Crippen LogP contribution in [-0.4, -0.2) is 62.8 Å². The largest absolute Gasteiger partial charge is 0.477 e. The van der Waals surface area contributed by atoms with E-state index in [1.54, 1.807) is 0 Å². The number of nitrogens with one attached hydrogen (secondary N) is 1. The molecule has 8 heteroatoms. The zero-order valence-electron chi connectivity index (χ0n) is 17.6. The van der Waals surface area contributed by atoms with Gasteiger partial charge in [0.1, 0.15) is 12.0 Å². The first-order valence-electron chi connectivity index (χ1n) is 10.8. The minimum Gasteiger partial charge on any atom is -0.477 e. The number of para-hydroxylation sites is 1. The maximum absolute atomic E-state index is 12.3. The molecule has 166 valence electrons. The van der Waals surface area contributed by atoms with Crippen molar-refractivity contribution < 1.29 is 18.7 Å². The Bertz CT molecular complexity index is 903. The van der Waals surface area contributed by atoms with Gasteiger partial charge >= 0.3 is 0 Å². The third-order valence-corrected chi connectivity index (χ3v) is 5.64. The van der Waals surface area contributed by atoms with E-state index in [1.807, 2.05) is 18.2 Å². The van der Waals surface area contributed by atoms with Crippen LogP contribution in [-0.2, 0) is 16.1 Å². The first-order chi connectivity index (χ1) is 15.2. The number of carbonyl (C=O) groups excluding carboxylic acids is 1. The Balaban J connectivity index is 1.21. The number of benzene rings is 1. The predicted octanol–water partition coefficient (Wildman–Crippen LogP) is 1.64. The summed E-state index contributed by atoms with van der Waals surface area (Å²) in [6.45, 7) is 5.19. The molecule has 1 aromatic heterocycles. The SMILES string of the molecule is O=C(COc1coc(CN2CCN(c3ccccc3)CC2)cc1=O)NC[C@H]1CCCO1. The van der Waals surface area contributed by atoms with E-state index in [0.717, 1.165) is 45.6 Å². The van der Waals surface area contributed by atoms with Crippen LogP contribution in [0, 0.1) is 0 Å². The van der Waals surface area contributed by atoms with Crippen LogP contribution in [0.2, 0.25) is 0 Å². The minimum absolute atomic E-state index is 0.0462. The van der Waals surface area contributed by atoms with Crippen molar-refractivity contribution in [1.29, 1.82) is 0 Å². The van der Waals surface area contributed by atoms with Crippen LogP contribution in [0.5, 0.6) is 5.75 Å². The van der Waals surface area contributed by atoms with Gasteiger partial charge < -0.3 is 24.1 Å². The van der Waals surface area contributed by atoms with Crippen molar-refractivity contribution in [2.24, 2.45) is 0 Å². The van der Waals surface area contributed by atoms with Crippen LogP contribution >= 0.6 is 0 Å². The number of nitrogens with zero attached hydrogens (tertiary/aromatic N) is 2. The van der Waals surface area contributed by atoms with Gasteiger partial charge in [0, 0.05) is 51.1 Å². The van der Waals surface area contributed by atoms with Gasteiger partial charge in [0.15, 0.2) is 6.61 Å². The second-order valence-corrected chi connectivity index (χ2v) is 7.90. The number of anilines is 1. The molecule has 0 radical (unpaired) electrons. The van der Waals surface area contributed by atoms with Gasteiger partial charge in [-0.1, -0.05) is 18.2 Å². The maximum atomic E-state index is 12.3. The molecule has 4 rings (SSSR count). The predicted molar refractivity (Wildman–Crippen MR) is 116 cm³/mol. The normalized spacial score (nSPS) is 19.4. The van der Waals surface area contributed by atoms with E-state index in [2.05, 4.69) is 27.2 Å². The van der Waals surface area contributed by atoms with E-state index in [4.69, 9.17) is 13.9 Å².